The number of hydrogen-bond acceptors (Lipinski definition) is 6. The third-order valence-corrected chi connectivity index (χ3v) is 6.29. The van der Waals surface area contributed by atoms with Crippen LogP contribution in [-0.4, -0.2) is 32.0 Å². The minimum atomic E-state index is -4.97. The maximum Gasteiger partial charge on any atom is 0.419 e. The van der Waals surface area contributed by atoms with Crippen molar-refractivity contribution < 1.29 is 23.4 Å². The molecule has 0 radical (unpaired) electrons. The lowest BCUT2D eigenvalue weighted by molar-refractivity contribution is -0.275. The first kappa shape index (κ1) is 22.8. The van der Waals surface area contributed by atoms with E-state index < -0.39 is 29.7 Å². The maximum atomic E-state index is 14.3. The number of aromatic nitrogens is 2. The summed E-state index contributed by atoms with van der Waals surface area (Å²) < 4.78 is 43.0. The number of aliphatic hydroxyl groups is 1. The fourth-order valence-electron chi connectivity index (χ4n) is 4.78. The molecule has 0 aliphatic heterocycles. The number of hydrogen-bond donors (Lipinski definition) is 3. The average molecular weight is 456 g/mol. The Hall–Kier alpha value is -3.38. The largest absolute Gasteiger partial charge is 0.506 e. The number of nitriles is 1. The maximum absolute atomic E-state index is 14.3. The van der Waals surface area contributed by atoms with E-state index in [0.29, 0.717) is 28.8 Å². The Kier molecular flexibility index (Phi) is 5.25. The van der Waals surface area contributed by atoms with Crippen LogP contribution in [0.1, 0.15) is 55.7 Å². The molecule has 0 bridgehead atoms. The lowest BCUT2D eigenvalue weighted by Gasteiger charge is -2.49. The predicted molar refractivity (Wildman–Crippen MR) is 117 cm³/mol. The van der Waals surface area contributed by atoms with Crippen molar-refractivity contribution in [1.82, 2.24) is 9.97 Å². The normalized spacial score (nSPS) is 21.9. The molecular weight excluding hydrogens is 433 g/mol. The molecule has 1 aliphatic carbocycles. The topological polar surface area (TPSA) is 102 Å². The van der Waals surface area contributed by atoms with E-state index >= 15 is 0 Å². The molecule has 0 amide bonds. The van der Waals surface area contributed by atoms with E-state index in [-0.39, 0.29) is 22.4 Å². The molecular formula is C24H23F3N4O2. The summed E-state index contributed by atoms with van der Waals surface area (Å²) in [5, 5.41) is 34.5. The number of anilines is 1. The minimum absolute atomic E-state index is 0.0383. The summed E-state index contributed by atoms with van der Waals surface area (Å²) in [4.78, 5) is 8.68. The fraction of sp³-hybridized carbons (Fsp3) is 0.375. The Morgan fingerprint density at radius 1 is 1.24 bits per heavy atom. The molecule has 0 spiro atoms. The Labute approximate surface area is 188 Å². The van der Waals surface area contributed by atoms with E-state index in [2.05, 4.69) is 15.3 Å². The third kappa shape index (κ3) is 3.55. The molecule has 1 aliphatic rings. The third-order valence-electron chi connectivity index (χ3n) is 6.29. The first-order chi connectivity index (χ1) is 15.4. The Morgan fingerprint density at radius 3 is 2.61 bits per heavy atom. The second kappa shape index (κ2) is 7.59. The van der Waals surface area contributed by atoms with Crippen LogP contribution in [0, 0.1) is 11.3 Å². The summed E-state index contributed by atoms with van der Waals surface area (Å²) in [6.45, 7) is 4.92. The van der Waals surface area contributed by atoms with Crippen LogP contribution in [0.2, 0.25) is 0 Å². The molecule has 33 heavy (non-hydrogen) atoms. The molecule has 172 valence electrons. The second-order valence-corrected chi connectivity index (χ2v) is 8.98. The van der Waals surface area contributed by atoms with Gasteiger partial charge in [-0.3, -0.25) is 0 Å². The van der Waals surface area contributed by atoms with E-state index in [9.17, 15) is 28.6 Å². The number of nitrogens with zero attached hydrogens (tertiary/aromatic N) is 3. The summed E-state index contributed by atoms with van der Waals surface area (Å²) in [5.74, 6) is 0.232. The van der Waals surface area contributed by atoms with E-state index in [1.165, 1.54) is 26.0 Å². The quantitative estimate of drug-likeness (QED) is 0.518. The van der Waals surface area contributed by atoms with Crippen molar-refractivity contribution >= 4 is 16.6 Å². The summed E-state index contributed by atoms with van der Waals surface area (Å²) in [7, 11) is 0. The zero-order valence-electron chi connectivity index (χ0n) is 18.3. The van der Waals surface area contributed by atoms with E-state index in [1.54, 1.807) is 24.4 Å². The molecule has 1 aromatic heterocycles. The molecule has 0 saturated heterocycles. The number of phenolic OH excluding ortho intramolecular Hbond substituents is 1. The molecule has 3 N–H and O–H groups in total. The van der Waals surface area contributed by atoms with Crippen LogP contribution in [0.4, 0.5) is 18.9 Å². The van der Waals surface area contributed by atoms with Gasteiger partial charge in [-0.25, -0.2) is 9.97 Å². The first-order valence-electron chi connectivity index (χ1n) is 10.5. The average Bonchev–Trinajstić information content (AvgIpc) is 2.74. The van der Waals surface area contributed by atoms with Gasteiger partial charge in [-0.1, -0.05) is 32.9 Å². The van der Waals surface area contributed by atoms with Gasteiger partial charge in [0.1, 0.15) is 17.6 Å². The number of nitrogens with one attached hydrogen (secondary N) is 1. The minimum Gasteiger partial charge on any atom is -0.506 e. The molecule has 0 fully saturated rings. The number of fused-ring (bicyclic) bond motifs is 2. The fourth-order valence-corrected chi connectivity index (χ4v) is 4.78. The van der Waals surface area contributed by atoms with Crippen LogP contribution in [0.3, 0.4) is 0 Å². The van der Waals surface area contributed by atoms with Crippen molar-refractivity contribution in [2.45, 2.75) is 56.8 Å². The van der Waals surface area contributed by atoms with Crippen molar-refractivity contribution in [2.24, 2.45) is 0 Å². The highest BCUT2D eigenvalue weighted by Crippen LogP contribution is 2.56. The van der Waals surface area contributed by atoms with Crippen molar-refractivity contribution in [3.8, 4) is 11.8 Å². The lowest BCUT2D eigenvalue weighted by Crippen LogP contribution is -2.58. The highest BCUT2D eigenvalue weighted by molar-refractivity contribution is 5.91. The van der Waals surface area contributed by atoms with Crippen LogP contribution < -0.4 is 5.32 Å². The Bertz CT molecular complexity index is 1280. The zero-order valence-corrected chi connectivity index (χ0v) is 18.3. The number of phenols is 1. The van der Waals surface area contributed by atoms with E-state index in [0.717, 1.165) is 0 Å². The Balaban J connectivity index is 1.95. The van der Waals surface area contributed by atoms with E-state index in [1.807, 2.05) is 13.0 Å². The first-order valence-corrected chi connectivity index (χ1v) is 10.5. The van der Waals surface area contributed by atoms with E-state index in [4.69, 9.17) is 0 Å². The van der Waals surface area contributed by atoms with Gasteiger partial charge in [0.15, 0.2) is 5.60 Å². The molecule has 0 saturated carbocycles. The van der Waals surface area contributed by atoms with Gasteiger partial charge < -0.3 is 15.5 Å². The molecule has 6 nitrogen and oxygen atoms in total. The SMILES string of the molecule is CCc1ncc2c(NC3c4ccc(C#N)c(O)c4C(C)(C)CC3(O)C(F)(F)F)cccc2n1. The number of alkyl halides is 3. The predicted octanol–water partition coefficient (Wildman–Crippen LogP) is 4.90. The second-order valence-electron chi connectivity index (χ2n) is 8.98. The van der Waals surface area contributed by atoms with Gasteiger partial charge in [-0.05, 0) is 35.6 Å². The highest BCUT2D eigenvalue weighted by Gasteiger charge is 2.64. The van der Waals surface area contributed by atoms with Gasteiger partial charge in [0, 0.05) is 29.3 Å². The highest BCUT2D eigenvalue weighted by atomic mass is 19.4. The van der Waals surface area contributed by atoms with Gasteiger partial charge in [0.25, 0.3) is 0 Å². The summed E-state index contributed by atoms with van der Waals surface area (Å²) in [6, 6.07) is 7.84. The van der Waals surface area contributed by atoms with Crippen LogP contribution >= 0.6 is 0 Å². The standard InChI is InChI=1S/C24H23F3N4O2/c1-4-18-29-11-15-16(30-18)6-5-7-17(15)31-21-14-9-8-13(10-28)20(32)19(14)22(2,3)12-23(21,33)24(25,26)27/h5-9,11,21,31-33H,4,12H2,1-3H3. The van der Waals surface area contributed by atoms with Gasteiger partial charge in [0.2, 0.25) is 0 Å². The molecule has 3 aromatic rings. The monoisotopic (exact) mass is 456 g/mol. The van der Waals surface area contributed by atoms with Crippen LogP contribution in [0.25, 0.3) is 10.9 Å². The summed E-state index contributed by atoms with van der Waals surface area (Å²) in [5.41, 5.74) is -3.28. The van der Waals surface area contributed by atoms with Crippen LogP contribution in [0.15, 0.2) is 36.5 Å². The van der Waals surface area contributed by atoms with Crippen LogP contribution in [0.5, 0.6) is 5.75 Å². The van der Waals surface area contributed by atoms with Crippen molar-refractivity contribution in [3.05, 3.63) is 59.0 Å². The molecule has 9 heteroatoms. The number of aryl methyl sites for hydroxylation is 1. The molecule has 1 heterocycles. The summed E-state index contributed by atoms with van der Waals surface area (Å²) in [6.07, 6.45) is -3.54. The van der Waals surface area contributed by atoms with Crippen LogP contribution in [-0.2, 0) is 11.8 Å². The van der Waals surface area contributed by atoms with Gasteiger partial charge in [-0.2, -0.15) is 18.4 Å². The molecule has 2 unspecified atom stereocenters. The number of rotatable bonds is 3. The Morgan fingerprint density at radius 2 is 1.97 bits per heavy atom. The lowest BCUT2D eigenvalue weighted by atomic mass is 9.63. The van der Waals surface area contributed by atoms with Crippen molar-refractivity contribution in [2.75, 3.05) is 5.32 Å². The zero-order chi connectivity index (χ0) is 24.2. The molecule has 4 rings (SSSR count). The summed E-state index contributed by atoms with van der Waals surface area (Å²) >= 11 is 0. The smallest absolute Gasteiger partial charge is 0.419 e. The van der Waals surface area contributed by atoms with Gasteiger partial charge >= 0.3 is 6.18 Å². The van der Waals surface area contributed by atoms with Crippen molar-refractivity contribution in [1.29, 1.82) is 5.26 Å². The van der Waals surface area contributed by atoms with Crippen molar-refractivity contribution in [3.63, 3.8) is 0 Å². The molecule has 2 aromatic carbocycles. The van der Waals surface area contributed by atoms with Gasteiger partial charge in [-0.15, -0.1) is 0 Å². The molecule has 2 atom stereocenters. The number of benzene rings is 2. The number of aromatic hydroxyl groups is 1. The number of halogens is 3. The van der Waals surface area contributed by atoms with Gasteiger partial charge in [0.05, 0.1) is 17.1 Å².